The van der Waals surface area contributed by atoms with E-state index in [4.69, 9.17) is 0 Å². The van der Waals surface area contributed by atoms with Crippen LogP contribution in [0.15, 0.2) is 60.9 Å². The molecular formula is C19H20N4O. The van der Waals surface area contributed by atoms with Gasteiger partial charge in [-0.2, -0.15) is 5.10 Å². The van der Waals surface area contributed by atoms with Gasteiger partial charge in [-0.05, 0) is 49.2 Å². The van der Waals surface area contributed by atoms with Crippen molar-refractivity contribution in [2.45, 2.75) is 13.3 Å². The number of benzene rings is 1. The molecule has 0 fully saturated rings. The summed E-state index contributed by atoms with van der Waals surface area (Å²) in [4.78, 5) is 18.3. The van der Waals surface area contributed by atoms with E-state index in [1.54, 1.807) is 29.0 Å². The highest BCUT2D eigenvalue weighted by Crippen LogP contribution is 2.13. The van der Waals surface area contributed by atoms with Crippen LogP contribution in [0.4, 0.5) is 0 Å². The highest BCUT2D eigenvalue weighted by atomic mass is 16.2. The van der Waals surface area contributed by atoms with Gasteiger partial charge in [0.25, 0.3) is 5.91 Å². The summed E-state index contributed by atoms with van der Waals surface area (Å²) >= 11 is 0. The maximum Gasteiger partial charge on any atom is 0.274 e. The van der Waals surface area contributed by atoms with Crippen LogP contribution in [0.3, 0.4) is 0 Å². The first-order valence-electron chi connectivity index (χ1n) is 7.91. The minimum atomic E-state index is -0.0677. The summed E-state index contributed by atoms with van der Waals surface area (Å²) < 4.78 is 1.80. The Balaban J connectivity index is 1.71. The lowest BCUT2D eigenvalue weighted by molar-refractivity contribution is 0.0790. The summed E-state index contributed by atoms with van der Waals surface area (Å²) in [5.74, 6) is -0.0677. The molecule has 3 rings (SSSR count). The molecular weight excluding hydrogens is 300 g/mol. The number of aromatic nitrogens is 3. The van der Waals surface area contributed by atoms with Crippen molar-refractivity contribution >= 4 is 5.91 Å². The van der Waals surface area contributed by atoms with Crippen molar-refractivity contribution in [1.82, 2.24) is 19.7 Å². The van der Waals surface area contributed by atoms with Crippen LogP contribution >= 0.6 is 0 Å². The molecule has 24 heavy (non-hydrogen) atoms. The lowest BCUT2D eigenvalue weighted by Crippen LogP contribution is -2.29. The molecule has 0 aliphatic carbocycles. The molecule has 0 spiro atoms. The SMILES string of the molecule is Cc1cc(C(=O)N(C)CCc2ccncc2)nn1-c1ccccc1. The van der Waals surface area contributed by atoms with Crippen molar-refractivity contribution in [3.8, 4) is 5.69 Å². The number of carbonyl (C=O) groups is 1. The van der Waals surface area contributed by atoms with Crippen LogP contribution in [-0.4, -0.2) is 39.2 Å². The fourth-order valence-corrected chi connectivity index (χ4v) is 2.55. The average molecular weight is 320 g/mol. The lowest BCUT2D eigenvalue weighted by atomic mass is 10.2. The molecule has 1 aromatic carbocycles. The first-order chi connectivity index (χ1) is 11.6. The van der Waals surface area contributed by atoms with Gasteiger partial charge in [-0.3, -0.25) is 9.78 Å². The number of hydrogen-bond donors (Lipinski definition) is 0. The Hall–Kier alpha value is -2.95. The van der Waals surface area contributed by atoms with E-state index in [0.29, 0.717) is 12.2 Å². The van der Waals surface area contributed by atoms with Gasteiger partial charge in [0.1, 0.15) is 0 Å². The molecule has 0 aliphatic heterocycles. The van der Waals surface area contributed by atoms with Crippen LogP contribution in [0.2, 0.25) is 0 Å². The van der Waals surface area contributed by atoms with Gasteiger partial charge < -0.3 is 4.90 Å². The second kappa shape index (κ2) is 7.08. The molecule has 2 aromatic heterocycles. The summed E-state index contributed by atoms with van der Waals surface area (Å²) in [6.07, 6.45) is 4.33. The van der Waals surface area contributed by atoms with Crippen LogP contribution in [0.25, 0.3) is 5.69 Å². The minimum absolute atomic E-state index is 0.0677. The average Bonchev–Trinajstić information content (AvgIpc) is 3.02. The summed E-state index contributed by atoms with van der Waals surface area (Å²) in [5.41, 5.74) is 3.52. The number of pyridine rings is 1. The molecule has 3 aromatic rings. The summed E-state index contributed by atoms with van der Waals surface area (Å²) in [6, 6.07) is 15.6. The smallest absolute Gasteiger partial charge is 0.274 e. The van der Waals surface area contributed by atoms with Crippen LogP contribution in [0.1, 0.15) is 21.7 Å². The van der Waals surface area contributed by atoms with E-state index in [2.05, 4.69) is 10.1 Å². The largest absolute Gasteiger partial charge is 0.340 e. The van der Waals surface area contributed by atoms with Crippen LogP contribution < -0.4 is 0 Å². The zero-order chi connectivity index (χ0) is 16.9. The Labute approximate surface area is 141 Å². The van der Waals surface area contributed by atoms with Crippen molar-refractivity contribution in [2.75, 3.05) is 13.6 Å². The first kappa shape index (κ1) is 15.9. The van der Waals surface area contributed by atoms with Crippen molar-refractivity contribution in [1.29, 1.82) is 0 Å². The second-order valence-corrected chi connectivity index (χ2v) is 5.75. The molecule has 5 nitrogen and oxygen atoms in total. The predicted octanol–water partition coefficient (Wildman–Crippen LogP) is 2.89. The lowest BCUT2D eigenvalue weighted by Gasteiger charge is -2.15. The summed E-state index contributed by atoms with van der Waals surface area (Å²) in [7, 11) is 1.81. The normalized spacial score (nSPS) is 10.6. The van der Waals surface area contributed by atoms with Gasteiger partial charge in [0.2, 0.25) is 0 Å². The third-order valence-electron chi connectivity index (χ3n) is 3.94. The van der Waals surface area contributed by atoms with Gasteiger partial charge in [-0.1, -0.05) is 18.2 Å². The maximum atomic E-state index is 12.6. The van der Waals surface area contributed by atoms with Crippen LogP contribution in [-0.2, 0) is 6.42 Å². The van der Waals surface area contributed by atoms with Crippen LogP contribution in [0.5, 0.6) is 0 Å². The predicted molar refractivity (Wildman–Crippen MR) is 93.2 cm³/mol. The van der Waals surface area contributed by atoms with Gasteiger partial charge in [-0.15, -0.1) is 0 Å². The van der Waals surface area contributed by atoms with E-state index in [9.17, 15) is 4.79 Å². The number of rotatable bonds is 5. The van der Waals surface area contributed by atoms with Gasteiger partial charge in [-0.25, -0.2) is 4.68 Å². The zero-order valence-electron chi connectivity index (χ0n) is 13.9. The molecule has 0 saturated heterocycles. The third-order valence-corrected chi connectivity index (χ3v) is 3.94. The molecule has 0 unspecified atom stereocenters. The number of para-hydroxylation sites is 1. The molecule has 2 heterocycles. The molecule has 1 amide bonds. The maximum absolute atomic E-state index is 12.6. The molecule has 0 aliphatic rings. The molecule has 0 N–H and O–H groups in total. The Bertz CT molecular complexity index is 812. The molecule has 0 atom stereocenters. The van der Waals surface area contributed by atoms with E-state index in [1.165, 1.54) is 0 Å². The quantitative estimate of drug-likeness (QED) is 0.726. The number of amides is 1. The van der Waals surface area contributed by atoms with Crippen molar-refractivity contribution < 1.29 is 4.79 Å². The van der Waals surface area contributed by atoms with E-state index in [-0.39, 0.29) is 5.91 Å². The standard InChI is InChI=1S/C19H20N4O/c1-15-14-18(21-23(15)17-6-4-3-5-7-17)19(24)22(2)13-10-16-8-11-20-12-9-16/h3-9,11-12,14H,10,13H2,1-2H3. The fraction of sp³-hybridized carbons (Fsp3) is 0.211. The summed E-state index contributed by atoms with van der Waals surface area (Å²) in [5, 5.41) is 4.47. The molecule has 0 bridgehead atoms. The summed E-state index contributed by atoms with van der Waals surface area (Å²) in [6.45, 7) is 2.59. The minimum Gasteiger partial charge on any atom is -0.340 e. The third kappa shape index (κ3) is 3.51. The topological polar surface area (TPSA) is 51.0 Å². The van der Waals surface area contributed by atoms with E-state index in [0.717, 1.165) is 23.4 Å². The Morgan fingerprint density at radius 2 is 1.83 bits per heavy atom. The van der Waals surface area contributed by atoms with E-state index >= 15 is 0 Å². The highest BCUT2D eigenvalue weighted by molar-refractivity contribution is 5.92. The van der Waals surface area contributed by atoms with Gasteiger partial charge >= 0.3 is 0 Å². The second-order valence-electron chi connectivity index (χ2n) is 5.75. The molecule has 122 valence electrons. The van der Waals surface area contributed by atoms with Crippen LogP contribution in [0, 0.1) is 6.92 Å². The zero-order valence-corrected chi connectivity index (χ0v) is 13.9. The number of hydrogen-bond acceptors (Lipinski definition) is 3. The molecule has 5 heteroatoms. The van der Waals surface area contributed by atoms with Crippen molar-refractivity contribution in [3.05, 3.63) is 77.9 Å². The fourth-order valence-electron chi connectivity index (χ4n) is 2.55. The van der Waals surface area contributed by atoms with Gasteiger partial charge in [0.15, 0.2) is 5.69 Å². The van der Waals surface area contributed by atoms with Crippen molar-refractivity contribution in [3.63, 3.8) is 0 Å². The Morgan fingerprint density at radius 3 is 2.54 bits per heavy atom. The first-order valence-corrected chi connectivity index (χ1v) is 7.91. The van der Waals surface area contributed by atoms with E-state index in [1.807, 2.05) is 55.5 Å². The Morgan fingerprint density at radius 1 is 1.12 bits per heavy atom. The monoisotopic (exact) mass is 320 g/mol. The Kier molecular flexibility index (Phi) is 4.70. The van der Waals surface area contributed by atoms with E-state index < -0.39 is 0 Å². The molecule has 0 radical (unpaired) electrons. The van der Waals surface area contributed by atoms with Gasteiger partial charge in [0, 0.05) is 31.7 Å². The number of carbonyl (C=O) groups excluding carboxylic acids is 1. The number of likely N-dealkylation sites (N-methyl/N-ethyl adjacent to an activating group) is 1. The number of aryl methyl sites for hydroxylation is 1. The number of nitrogens with zero attached hydrogens (tertiary/aromatic N) is 4. The molecule has 0 saturated carbocycles. The highest BCUT2D eigenvalue weighted by Gasteiger charge is 2.17. The van der Waals surface area contributed by atoms with Crippen molar-refractivity contribution in [2.24, 2.45) is 0 Å². The van der Waals surface area contributed by atoms with Gasteiger partial charge in [0.05, 0.1) is 5.69 Å².